The van der Waals surface area contributed by atoms with Crippen molar-refractivity contribution >= 4 is 29.1 Å². The zero-order chi connectivity index (χ0) is 19.3. The van der Waals surface area contributed by atoms with Gasteiger partial charge in [0.25, 0.3) is 0 Å². The van der Waals surface area contributed by atoms with Gasteiger partial charge in [0, 0.05) is 24.8 Å². The maximum atomic E-state index is 14.1. The molecule has 26 heavy (non-hydrogen) atoms. The molecule has 0 bridgehead atoms. The first-order chi connectivity index (χ1) is 12.1. The summed E-state index contributed by atoms with van der Waals surface area (Å²) in [7, 11) is 0. The first-order valence-corrected chi connectivity index (χ1v) is 9.01. The summed E-state index contributed by atoms with van der Waals surface area (Å²) in [6, 6.07) is 4.49. The van der Waals surface area contributed by atoms with Gasteiger partial charge in [-0.3, -0.25) is 0 Å². The van der Waals surface area contributed by atoms with Crippen molar-refractivity contribution in [2.45, 2.75) is 39.2 Å². The minimum Gasteiger partial charge on any atom is -0.490 e. The summed E-state index contributed by atoms with van der Waals surface area (Å²) in [5, 5.41) is 2.75. The first kappa shape index (κ1) is 20.2. The molecular weight excluding hydrogens is 357 g/mol. The van der Waals surface area contributed by atoms with Gasteiger partial charge in [0.15, 0.2) is 16.7 Å². The predicted molar refractivity (Wildman–Crippen MR) is 103 cm³/mol. The number of nitrogens with zero attached hydrogens (tertiary/aromatic N) is 1. The van der Waals surface area contributed by atoms with Crippen molar-refractivity contribution in [2.75, 3.05) is 25.0 Å². The lowest BCUT2D eigenvalue weighted by Gasteiger charge is -2.33. The van der Waals surface area contributed by atoms with Crippen LogP contribution in [0.2, 0.25) is 0 Å². The molecule has 0 radical (unpaired) electrons. The third kappa shape index (κ3) is 6.33. The van der Waals surface area contributed by atoms with Crippen LogP contribution in [0.1, 0.15) is 33.6 Å². The van der Waals surface area contributed by atoms with E-state index in [1.807, 2.05) is 20.8 Å². The van der Waals surface area contributed by atoms with E-state index in [9.17, 15) is 9.18 Å². The van der Waals surface area contributed by atoms with Crippen molar-refractivity contribution < 1.29 is 18.7 Å². The minimum atomic E-state index is -0.497. The van der Waals surface area contributed by atoms with Crippen molar-refractivity contribution in [2.24, 2.45) is 11.7 Å². The van der Waals surface area contributed by atoms with Crippen LogP contribution >= 0.6 is 12.2 Å². The molecule has 1 saturated heterocycles. The second kappa shape index (κ2) is 8.53. The SMILES string of the molecule is CC(C)(C)OC(=O)N1CCC(COc2ccc(NC(N)=S)cc2F)CC1. The number of anilines is 1. The number of amides is 1. The average molecular weight is 383 g/mol. The monoisotopic (exact) mass is 383 g/mol. The van der Waals surface area contributed by atoms with Crippen LogP contribution in [0.5, 0.6) is 5.75 Å². The third-order valence-electron chi connectivity index (χ3n) is 3.94. The second-order valence-corrected chi connectivity index (χ2v) is 7.80. The van der Waals surface area contributed by atoms with E-state index in [0.29, 0.717) is 25.4 Å². The van der Waals surface area contributed by atoms with Crippen molar-refractivity contribution in [3.05, 3.63) is 24.0 Å². The largest absolute Gasteiger partial charge is 0.490 e. The van der Waals surface area contributed by atoms with E-state index in [2.05, 4.69) is 5.32 Å². The smallest absolute Gasteiger partial charge is 0.410 e. The molecule has 1 aliphatic heterocycles. The highest BCUT2D eigenvalue weighted by molar-refractivity contribution is 7.80. The van der Waals surface area contributed by atoms with Gasteiger partial charge < -0.3 is 25.4 Å². The Kier molecular flexibility index (Phi) is 6.63. The summed E-state index contributed by atoms with van der Waals surface area (Å²) in [5.74, 6) is -0.0204. The number of rotatable bonds is 4. The molecule has 1 aromatic rings. The van der Waals surface area contributed by atoms with E-state index in [1.54, 1.807) is 17.0 Å². The van der Waals surface area contributed by atoms with Crippen molar-refractivity contribution in [1.29, 1.82) is 0 Å². The molecule has 1 fully saturated rings. The van der Waals surface area contributed by atoms with Gasteiger partial charge in [0.05, 0.1) is 6.61 Å². The van der Waals surface area contributed by atoms with Crippen LogP contribution in [0.3, 0.4) is 0 Å². The Morgan fingerprint density at radius 1 is 1.38 bits per heavy atom. The van der Waals surface area contributed by atoms with Gasteiger partial charge in [0.2, 0.25) is 0 Å². The lowest BCUT2D eigenvalue weighted by Crippen LogP contribution is -2.42. The fourth-order valence-corrected chi connectivity index (χ4v) is 2.77. The van der Waals surface area contributed by atoms with Gasteiger partial charge in [-0.05, 0) is 63.9 Å². The summed E-state index contributed by atoms with van der Waals surface area (Å²) in [6.45, 7) is 7.18. The van der Waals surface area contributed by atoms with Gasteiger partial charge in [-0.25, -0.2) is 9.18 Å². The first-order valence-electron chi connectivity index (χ1n) is 8.61. The quantitative estimate of drug-likeness (QED) is 0.775. The molecule has 0 unspecified atom stereocenters. The molecule has 1 aromatic carbocycles. The van der Waals surface area contributed by atoms with Crippen LogP contribution in [-0.2, 0) is 4.74 Å². The highest BCUT2D eigenvalue weighted by atomic mass is 32.1. The number of likely N-dealkylation sites (tertiary alicyclic amines) is 1. The van der Waals surface area contributed by atoms with E-state index in [0.717, 1.165) is 12.8 Å². The number of nitrogens with one attached hydrogen (secondary N) is 1. The van der Waals surface area contributed by atoms with Gasteiger partial charge in [-0.15, -0.1) is 0 Å². The van der Waals surface area contributed by atoms with Crippen LogP contribution in [-0.4, -0.2) is 41.4 Å². The lowest BCUT2D eigenvalue weighted by molar-refractivity contribution is 0.0164. The standard InChI is InChI=1S/C18H26FN3O3S/c1-18(2,3)25-17(23)22-8-6-12(7-9-22)11-24-15-5-4-13(10-14(15)19)21-16(20)26/h4-5,10,12H,6-9,11H2,1-3H3,(H3,20,21,26). The van der Waals surface area contributed by atoms with E-state index in [4.69, 9.17) is 27.4 Å². The Hall–Kier alpha value is -2.09. The number of piperidine rings is 1. The molecule has 2 rings (SSSR count). The molecule has 8 heteroatoms. The van der Waals surface area contributed by atoms with Crippen LogP contribution in [0, 0.1) is 11.7 Å². The number of thiocarbonyl (C=S) groups is 1. The second-order valence-electron chi connectivity index (χ2n) is 7.36. The van der Waals surface area contributed by atoms with Crippen molar-refractivity contribution in [3.8, 4) is 5.75 Å². The highest BCUT2D eigenvalue weighted by Crippen LogP contribution is 2.24. The highest BCUT2D eigenvalue weighted by Gasteiger charge is 2.27. The molecule has 0 aromatic heterocycles. The summed E-state index contributed by atoms with van der Waals surface area (Å²) in [6.07, 6.45) is 1.30. The molecule has 1 heterocycles. The van der Waals surface area contributed by atoms with Crippen molar-refractivity contribution in [1.82, 2.24) is 4.90 Å². The molecule has 1 aliphatic rings. The Morgan fingerprint density at radius 2 is 2.04 bits per heavy atom. The van der Waals surface area contributed by atoms with E-state index >= 15 is 0 Å². The molecule has 0 saturated carbocycles. The third-order valence-corrected chi connectivity index (χ3v) is 4.04. The Morgan fingerprint density at radius 3 is 2.58 bits per heavy atom. The number of carbonyl (C=O) groups is 1. The van der Waals surface area contributed by atoms with Gasteiger partial charge in [-0.1, -0.05) is 0 Å². The normalized spacial score (nSPS) is 15.5. The van der Waals surface area contributed by atoms with Crippen molar-refractivity contribution in [3.63, 3.8) is 0 Å². The zero-order valence-electron chi connectivity index (χ0n) is 15.4. The number of ether oxygens (including phenoxy) is 2. The van der Waals surface area contributed by atoms with Crippen LogP contribution < -0.4 is 15.8 Å². The fraction of sp³-hybridized carbons (Fsp3) is 0.556. The zero-order valence-corrected chi connectivity index (χ0v) is 16.2. The van der Waals surface area contributed by atoms with Gasteiger partial charge >= 0.3 is 6.09 Å². The van der Waals surface area contributed by atoms with E-state index in [1.165, 1.54) is 6.07 Å². The Balaban J connectivity index is 1.80. The number of halogens is 1. The van der Waals surface area contributed by atoms with Gasteiger partial charge in [0.1, 0.15) is 5.60 Å². The van der Waals surface area contributed by atoms with E-state index < -0.39 is 11.4 Å². The summed E-state index contributed by atoms with van der Waals surface area (Å²) >= 11 is 4.72. The van der Waals surface area contributed by atoms with Crippen LogP contribution in [0.25, 0.3) is 0 Å². The molecular formula is C18H26FN3O3S. The number of hydrogen-bond donors (Lipinski definition) is 2. The number of hydrogen-bond acceptors (Lipinski definition) is 4. The molecule has 1 amide bonds. The molecule has 144 valence electrons. The minimum absolute atomic E-state index is 0.0785. The van der Waals surface area contributed by atoms with Crippen LogP contribution in [0.4, 0.5) is 14.9 Å². The fourth-order valence-electron chi connectivity index (χ4n) is 2.65. The summed E-state index contributed by atoms with van der Waals surface area (Å²) < 4.78 is 25.1. The predicted octanol–water partition coefficient (Wildman–Crippen LogP) is 3.51. The maximum absolute atomic E-state index is 14.1. The molecule has 6 nitrogen and oxygen atoms in total. The maximum Gasteiger partial charge on any atom is 0.410 e. The number of carbonyl (C=O) groups excluding carboxylic acids is 1. The lowest BCUT2D eigenvalue weighted by atomic mass is 9.98. The number of benzene rings is 1. The topological polar surface area (TPSA) is 76.8 Å². The van der Waals surface area contributed by atoms with Crippen LogP contribution in [0.15, 0.2) is 18.2 Å². The summed E-state index contributed by atoms with van der Waals surface area (Å²) in [5.41, 5.74) is 5.35. The molecule has 0 aliphatic carbocycles. The van der Waals surface area contributed by atoms with E-state index in [-0.39, 0.29) is 22.9 Å². The Labute approximate surface area is 158 Å². The molecule has 0 spiro atoms. The molecule has 0 atom stereocenters. The van der Waals surface area contributed by atoms with Gasteiger partial charge in [-0.2, -0.15) is 0 Å². The molecule has 3 N–H and O–H groups in total. The Bertz CT molecular complexity index is 656. The average Bonchev–Trinajstić information content (AvgIpc) is 2.52. The number of nitrogens with two attached hydrogens (primary N) is 1. The summed E-state index contributed by atoms with van der Waals surface area (Å²) in [4.78, 5) is 13.8.